The van der Waals surface area contributed by atoms with Crippen molar-refractivity contribution in [2.45, 2.75) is 44.6 Å². The third kappa shape index (κ3) is 5.50. The molecular weight excluding hydrogens is 248 g/mol. The number of hydrogen-bond donors (Lipinski definition) is 1. The largest absolute Gasteiger partial charge is 0.314 e. The zero-order valence-corrected chi connectivity index (χ0v) is 12.2. The van der Waals surface area contributed by atoms with Crippen molar-refractivity contribution in [2.75, 3.05) is 25.9 Å². The van der Waals surface area contributed by atoms with Gasteiger partial charge in [-0.3, -0.25) is 0 Å². The molecule has 0 aromatic rings. The Morgan fingerprint density at radius 1 is 1.44 bits per heavy atom. The van der Waals surface area contributed by atoms with E-state index in [1.807, 2.05) is 6.08 Å². The third-order valence-corrected chi connectivity index (χ3v) is 5.38. The Morgan fingerprint density at radius 2 is 2.22 bits per heavy atom. The highest BCUT2D eigenvalue weighted by Gasteiger charge is 2.20. The van der Waals surface area contributed by atoms with Crippen LogP contribution in [0.15, 0.2) is 12.7 Å². The number of sulfonamides is 1. The van der Waals surface area contributed by atoms with E-state index in [0.717, 1.165) is 32.2 Å². The number of piperidine rings is 1. The van der Waals surface area contributed by atoms with Gasteiger partial charge in [0.05, 0.1) is 5.75 Å². The second-order valence-corrected chi connectivity index (χ2v) is 7.20. The second-order valence-electron chi connectivity index (χ2n) is 5.00. The van der Waals surface area contributed by atoms with Crippen molar-refractivity contribution >= 4 is 10.0 Å². The van der Waals surface area contributed by atoms with Crippen molar-refractivity contribution < 1.29 is 8.42 Å². The van der Waals surface area contributed by atoms with E-state index in [4.69, 9.17) is 0 Å². The summed E-state index contributed by atoms with van der Waals surface area (Å²) in [6.45, 7) is 5.26. The van der Waals surface area contributed by atoms with Gasteiger partial charge >= 0.3 is 0 Å². The van der Waals surface area contributed by atoms with Crippen LogP contribution in [0.3, 0.4) is 0 Å². The Morgan fingerprint density at radius 3 is 2.83 bits per heavy atom. The van der Waals surface area contributed by atoms with Crippen molar-refractivity contribution in [1.29, 1.82) is 0 Å². The summed E-state index contributed by atoms with van der Waals surface area (Å²) in [6, 6.07) is 0.384. The second kappa shape index (κ2) is 7.92. The first-order valence-electron chi connectivity index (χ1n) is 6.84. The van der Waals surface area contributed by atoms with Crippen molar-refractivity contribution in [3.63, 3.8) is 0 Å². The van der Waals surface area contributed by atoms with Crippen molar-refractivity contribution in [1.82, 2.24) is 9.62 Å². The van der Waals surface area contributed by atoms with Crippen LogP contribution in [-0.2, 0) is 10.0 Å². The van der Waals surface area contributed by atoms with Crippen LogP contribution in [0.2, 0.25) is 0 Å². The number of unbranched alkanes of at least 4 members (excludes halogenated alkanes) is 1. The molecule has 1 saturated heterocycles. The number of nitrogens with zero attached hydrogens (tertiary/aromatic N) is 1. The number of nitrogens with one attached hydrogen (secondary N) is 1. The van der Waals surface area contributed by atoms with Gasteiger partial charge in [0.1, 0.15) is 0 Å². The topological polar surface area (TPSA) is 49.4 Å². The molecule has 4 nitrogen and oxygen atoms in total. The summed E-state index contributed by atoms with van der Waals surface area (Å²) in [5, 5.41) is 3.39. The molecule has 5 heteroatoms. The maximum Gasteiger partial charge on any atom is 0.213 e. The molecule has 0 aliphatic carbocycles. The molecule has 0 aromatic carbocycles. The first kappa shape index (κ1) is 15.7. The Labute approximate surface area is 111 Å². The molecule has 1 unspecified atom stereocenters. The van der Waals surface area contributed by atoms with Crippen LogP contribution < -0.4 is 5.32 Å². The lowest BCUT2D eigenvalue weighted by Gasteiger charge is -2.24. The molecule has 1 aliphatic heterocycles. The molecule has 0 aromatic heterocycles. The average molecular weight is 274 g/mol. The van der Waals surface area contributed by atoms with Gasteiger partial charge in [-0.05, 0) is 38.6 Å². The van der Waals surface area contributed by atoms with Crippen LogP contribution in [0.1, 0.15) is 38.5 Å². The highest BCUT2D eigenvalue weighted by molar-refractivity contribution is 7.89. The molecule has 0 bridgehead atoms. The van der Waals surface area contributed by atoms with Crippen LogP contribution in [0.4, 0.5) is 0 Å². The molecule has 1 N–H and O–H groups in total. The molecule has 1 heterocycles. The number of hydrogen-bond acceptors (Lipinski definition) is 3. The van der Waals surface area contributed by atoms with E-state index in [2.05, 4.69) is 11.9 Å². The van der Waals surface area contributed by atoms with E-state index in [0.29, 0.717) is 12.6 Å². The first-order valence-corrected chi connectivity index (χ1v) is 8.45. The normalized spacial score (nSPS) is 21.1. The van der Waals surface area contributed by atoms with Crippen LogP contribution in [-0.4, -0.2) is 44.7 Å². The SMILES string of the molecule is C=CCCCN(C)S(=O)(=O)CCC1CCCCN1. The minimum absolute atomic E-state index is 0.259. The number of rotatable bonds is 8. The average Bonchev–Trinajstić information content (AvgIpc) is 2.38. The molecule has 1 fully saturated rings. The Balaban J connectivity index is 2.30. The summed E-state index contributed by atoms with van der Waals surface area (Å²) in [7, 11) is -1.41. The maximum atomic E-state index is 12.0. The lowest BCUT2D eigenvalue weighted by molar-refractivity contribution is 0.388. The molecule has 0 amide bonds. The lowest BCUT2D eigenvalue weighted by atomic mass is 10.0. The molecule has 0 radical (unpaired) electrons. The summed E-state index contributed by atoms with van der Waals surface area (Å²) in [4.78, 5) is 0. The zero-order valence-electron chi connectivity index (χ0n) is 11.4. The molecule has 1 aliphatic rings. The first-order chi connectivity index (χ1) is 8.56. The summed E-state index contributed by atoms with van der Waals surface area (Å²) in [5.41, 5.74) is 0. The van der Waals surface area contributed by atoms with Crippen LogP contribution >= 0.6 is 0 Å². The van der Waals surface area contributed by atoms with E-state index in [-0.39, 0.29) is 5.75 Å². The summed E-state index contributed by atoms with van der Waals surface area (Å²) in [6.07, 6.45) is 7.80. The molecular formula is C13H26N2O2S. The van der Waals surface area contributed by atoms with E-state index in [1.54, 1.807) is 7.05 Å². The van der Waals surface area contributed by atoms with E-state index in [1.165, 1.54) is 17.1 Å². The van der Waals surface area contributed by atoms with Crippen LogP contribution in [0, 0.1) is 0 Å². The van der Waals surface area contributed by atoms with Crippen molar-refractivity contribution in [3.8, 4) is 0 Å². The standard InChI is InChI=1S/C13H26N2O2S/c1-3-4-7-11-15(2)18(16,17)12-9-13-8-5-6-10-14-13/h3,13-14H,1,4-12H2,2H3. The summed E-state index contributed by atoms with van der Waals surface area (Å²) in [5.74, 6) is 0.259. The quantitative estimate of drug-likeness (QED) is 0.542. The molecule has 0 spiro atoms. The molecule has 1 rings (SSSR count). The monoisotopic (exact) mass is 274 g/mol. The van der Waals surface area contributed by atoms with Crippen molar-refractivity contribution in [2.24, 2.45) is 0 Å². The summed E-state index contributed by atoms with van der Waals surface area (Å²) >= 11 is 0. The maximum absolute atomic E-state index is 12.0. The summed E-state index contributed by atoms with van der Waals surface area (Å²) < 4.78 is 25.6. The van der Waals surface area contributed by atoms with Gasteiger partial charge < -0.3 is 5.32 Å². The van der Waals surface area contributed by atoms with E-state index in [9.17, 15) is 8.42 Å². The van der Waals surface area contributed by atoms with E-state index >= 15 is 0 Å². The van der Waals surface area contributed by atoms with Crippen LogP contribution in [0.5, 0.6) is 0 Å². The van der Waals surface area contributed by atoms with Gasteiger partial charge in [-0.1, -0.05) is 12.5 Å². The molecule has 0 saturated carbocycles. The fraction of sp³-hybridized carbons (Fsp3) is 0.846. The van der Waals surface area contributed by atoms with Gasteiger partial charge in [-0.15, -0.1) is 6.58 Å². The minimum atomic E-state index is -3.08. The minimum Gasteiger partial charge on any atom is -0.314 e. The lowest BCUT2D eigenvalue weighted by Crippen LogP contribution is -2.37. The van der Waals surface area contributed by atoms with E-state index < -0.39 is 10.0 Å². The Hall–Kier alpha value is -0.390. The fourth-order valence-corrected chi connectivity index (χ4v) is 3.52. The van der Waals surface area contributed by atoms with Gasteiger partial charge in [-0.25, -0.2) is 12.7 Å². The third-order valence-electron chi connectivity index (χ3n) is 3.49. The predicted octanol–water partition coefficient (Wildman–Crippen LogP) is 1.75. The molecule has 18 heavy (non-hydrogen) atoms. The van der Waals surface area contributed by atoms with Crippen LogP contribution in [0.25, 0.3) is 0 Å². The van der Waals surface area contributed by atoms with Gasteiger partial charge in [-0.2, -0.15) is 0 Å². The molecule has 106 valence electrons. The smallest absolute Gasteiger partial charge is 0.213 e. The highest BCUT2D eigenvalue weighted by atomic mass is 32.2. The highest BCUT2D eigenvalue weighted by Crippen LogP contribution is 2.12. The zero-order chi connectivity index (χ0) is 13.4. The molecule has 1 atom stereocenters. The van der Waals surface area contributed by atoms with Gasteiger partial charge in [0.25, 0.3) is 0 Å². The fourth-order valence-electron chi connectivity index (χ4n) is 2.21. The van der Waals surface area contributed by atoms with Gasteiger partial charge in [0.15, 0.2) is 0 Å². The van der Waals surface area contributed by atoms with Crippen molar-refractivity contribution in [3.05, 3.63) is 12.7 Å². The number of allylic oxidation sites excluding steroid dienone is 1. The Bertz CT molecular complexity index is 335. The Kier molecular flexibility index (Phi) is 6.89. The predicted molar refractivity (Wildman–Crippen MR) is 76.1 cm³/mol. The van der Waals surface area contributed by atoms with Gasteiger partial charge in [0.2, 0.25) is 10.0 Å². The van der Waals surface area contributed by atoms with Gasteiger partial charge in [0, 0.05) is 19.6 Å².